The van der Waals surface area contributed by atoms with Crippen molar-refractivity contribution in [3.63, 3.8) is 0 Å². The van der Waals surface area contributed by atoms with E-state index in [0.717, 1.165) is 12.8 Å². The van der Waals surface area contributed by atoms with Crippen LogP contribution < -0.4 is 10.5 Å². The second kappa shape index (κ2) is 8.57. The number of nitrogens with two attached hydrogens (primary N) is 1. The van der Waals surface area contributed by atoms with Crippen LogP contribution in [-0.4, -0.2) is 21.0 Å². The quantitative estimate of drug-likeness (QED) is 0.744. The van der Waals surface area contributed by atoms with Gasteiger partial charge in [-0.1, -0.05) is 19.8 Å². The van der Waals surface area contributed by atoms with Crippen LogP contribution in [0.15, 0.2) is 17.0 Å². The Morgan fingerprint density at radius 3 is 2.29 bits per heavy atom. The number of halogens is 4. The Kier molecular flexibility index (Phi) is 8.23. The third-order valence-corrected chi connectivity index (χ3v) is 4.31. The lowest BCUT2D eigenvalue weighted by molar-refractivity contribution is 0.477. The fourth-order valence-electron chi connectivity index (χ4n) is 1.67. The molecule has 122 valence electrons. The van der Waals surface area contributed by atoms with Gasteiger partial charge in [0.2, 0.25) is 10.0 Å². The monoisotopic (exact) mass is 346 g/mol. The highest BCUT2D eigenvalue weighted by Gasteiger charge is 2.24. The van der Waals surface area contributed by atoms with Crippen LogP contribution in [0.2, 0.25) is 0 Å². The summed E-state index contributed by atoms with van der Waals surface area (Å²) < 4.78 is 65.4. The molecule has 3 N–H and O–H groups in total. The molecule has 0 amide bonds. The molecule has 0 fully saturated rings. The van der Waals surface area contributed by atoms with Crippen molar-refractivity contribution in [2.75, 3.05) is 6.54 Å². The van der Waals surface area contributed by atoms with Gasteiger partial charge in [-0.2, -0.15) is 0 Å². The zero-order valence-electron chi connectivity index (χ0n) is 11.4. The van der Waals surface area contributed by atoms with Crippen LogP contribution in [0, 0.1) is 17.5 Å². The molecule has 0 aliphatic carbocycles. The van der Waals surface area contributed by atoms with E-state index in [1.54, 1.807) is 0 Å². The summed E-state index contributed by atoms with van der Waals surface area (Å²) >= 11 is 0. The van der Waals surface area contributed by atoms with Crippen molar-refractivity contribution in [3.05, 3.63) is 29.6 Å². The summed E-state index contributed by atoms with van der Waals surface area (Å²) in [5, 5.41) is 0. The maximum atomic E-state index is 13.5. The molecule has 21 heavy (non-hydrogen) atoms. The number of benzene rings is 1. The van der Waals surface area contributed by atoms with Crippen molar-refractivity contribution >= 4 is 22.4 Å². The molecule has 0 aliphatic heterocycles. The summed E-state index contributed by atoms with van der Waals surface area (Å²) in [5.41, 5.74) is 5.44. The SMILES string of the molecule is CCCCC(CN)NS(=O)(=O)c1cc(F)c(F)cc1F.Cl. The van der Waals surface area contributed by atoms with E-state index in [4.69, 9.17) is 5.73 Å². The lowest BCUT2D eigenvalue weighted by Crippen LogP contribution is -2.40. The normalized spacial score (nSPS) is 12.8. The number of nitrogens with one attached hydrogen (secondary N) is 1. The van der Waals surface area contributed by atoms with E-state index in [9.17, 15) is 21.6 Å². The first-order valence-corrected chi connectivity index (χ1v) is 7.67. The van der Waals surface area contributed by atoms with Gasteiger partial charge in [0.15, 0.2) is 11.6 Å². The van der Waals surface area contributed by atoms with Gasteiger partial charge in [-0.3, -0.25) is 0 Å². The predicted octanol–water partition coefficient (Wildman–Crippen LogP) is 2.32. The lowest BCUT2D eigenvalue weighted by atomic mass is 10.1. The van der Waals surface area contributed by atoms with Crippen molar-refractivity contribution in [1.29, 1.82) is 0 Å². The Morgan fingerprint density at radius 2 is 1.76 bits per heavy atom. The zero-order valence-corrected chi connectivity index (χ0v) is 13.0. The first-order valence-electron chi connectivity index (χ1n) is 6.18. The van der Waals surface area contributed by atoms with Crippen LogP contribution >= 0.6 is 12.4 Å². The largest absolute Gasteiger partial charge is 0.329 e. The van der Waals surface area contributed by atoms with Crippen molar-refractivity contribution < 1.29 is 21.6 Å². The van der Waals surface area contributed by atoms with Gasteiger partial charge >= 0.3 is 0 Å². The Labute approximate surface area is 128 Å². The molecule has 1 aromatic carbocycles. The minimum atomic E-state index is -4.28. The Morgan fingerprint density at radius 1 is 1.19 bits per heavy atom. The smallest absolute Gasteiger partial charge is 0.243 e. The molecule has 4 nitrogen and oxygen atoms in total. The number of sulfonamides is 1. The van der Waals surface area contributed by atoms with Crippen LogP contribution in [0.1, 0.15) is 26.2 Å². The van der Waals surface area contributed by atoms with Crippen molar-refractivity contribution in [1.82, 2.24) is 4.72 Å². The van der Waals surface area contributed by atoms with E-state index < -0.39 is 38.4 Å². The summed E-state index contributed by atoms with van der Waals surface area (Å²) in [6.07, 6.45) is 2.07. The molecule has 1 atom stereocenters. The minimum Gasteiger partial charge on any atom is -0.329 e. The van der Waals surface area contributed by atoms with Gasteiger partial charge in [0, 0.05) is 18.7 Å². The van der Waals surface area contributed by atoms with E-state index in [1.807, 2.05) is 6.92 Å². The molecule has 0 aliphatic rings. The van der Waals surface area contributed by atoms with Crippen molar-refractivity contribution in [2.24, 2.45) is 5.73 Å². The molecule has 1 aromatic rings. The number of rotatable bonds is 7. The van der Waals surface area contributed by atoms with Gasteiger partial charge in [-0.05, 0) is 12.5 Å². The highest BCUT2D eigenvalue weighted by atomic mass is 35.5. The van der Waals surface area contributed by atoms with Gasteiger partial charge in [-0.25, -0.2) is 26.3 Å². The topological polar surface area (TPSA) is 72.2 Å². The summed E-state index contributed by atoms with van der Waals surface area (Å²) in [6, 6.07) is -0.0548. The van der Waals surface area contributed by atoms with Crippen LogP contribution in [-0.2, 0) is 10.0 Å². The molecule has 0 bridgehead atoms. The zero-order chi connectivity index (χ0) is 15.3. The summed E-state index contributed by atoms with van der Waals surface area (Å²) in [7, 11) is -4.28. The minimum absolute atomic E-state index is 0. The third-order valence-electron chi connectivity index (χ3n) is 2.78. The molecule has 0 radical (unpaired) electrons. The van der Waals surface area contributed by atoms with E-state index >= 15 is 0 Å². The maximum Gasteiger partial charge on any atom is 0.243 e. The second-order valence-electron chi connectivity index (χ2n) is 4.39. The molecule has 0 saturated heterocycles. The van der Waals surface area contributed by atoms with Crippen LogP contribution in [0.3, 0.4) is 0 Å². The molecule has 0 aromatic heterocycles. The molecular weight excluding hydrogens is 329 g/mol. The highest BCUT2D eigenvalue weighted by molar-refractivity contribution is 7.89. The third kappa shape index (κ3) is 5.46. The van der Waals surface area contributed by atoms with E-state index in [1.165, 1.54) is 0 Å². The number of hydrogen-bond acceptors (Lipinski definition) is 3. The van der Waals surface area contributed by atoms with E-state index in [2.05, 4.69) is 4.72 Å². The van der Waals surface area contributed by atoms with Crippen LogP contribution in [0.5, 0.6) is 0 Å². The predicted molar refractivity (Wildman–Crippen MR) is 76.3 cm³/mol. The molecule has 9 heteroatoms. The second-order valence-corrected chi connectivity index (χ2v) is 6.08. The number of hydrogen-bond donors (Lipinski definition) is 2. The Balaban J connectivity index is 0.00000400. The van der Waals surface area contributed by atoms with Crippen LogP contribution in [0.4, 0.5) is 13.2 Å². The molecule has 0 heterocycles. The van der Waals surface area contributed by atoms with Gasteiger partial charge in [0.1, 0.15) is 10.7 Å². The average Bonchev–Trinajstić information content (AvgIpc) is 2.38. The van der Waals surface area contributed by atoms with Gasteiger partial charge in [0.05, 0.1) is 0 Å². The highest BCUT2D eigenvalue weighted by Crippen LogP contribution is 2.19. The summed E-state index contributed by atoms with van der Waals surface area (Å²) in [4.78, 5) is -0.925. The Hall–Kier alpha value is -0.830. The summed E-state index contributed by atoms with van der Waals surface area (Å²) in [5.74, 6) is -4.21. The molecule has 1 rings (SSSR count). The van der Waals surface area contributed by atoms with Crippen molar-refractivity contribution in [2.45, 2.75) is 37.1 Å². The molecule has 0 spiro atoms. The van der Waals surface area contributed by atoms with Crippen LogP contribution in [0.25, 0.3) is 0 Å². The molecular formula is C12H18ClF3N2O2S. The number of unbranched alkanes of at least 4 members (excludes halogenated alkanes) is 1. The van der Waals surface area contributed by atoms with Gasteiger partial charge in [-0.15, -0.1) is 12.4 Å². The first kappa shape index (κ1) is 20.2. The van der Waals surface area contributed by atoms with Gasteiger partial charge < -0.3 is 5.73 Å². The standard InChI is InChI=1S/C12H17F3N2O2S.ClH/c1-2-3-4-8(7-16)17-20(18,19)12-6-10(14)9(13)5-11(12)15;/h5-6,8,17H,2-4,7,16H2,1H3;1H. The fraction of sp³-hybridized carbons (Fsp3) is 0.500. The molecule has 0 saturated carbocycles. The van der Waals surface area contributed by atoms with Crippen molar-refractivity contribution in [3.8, 4) is 0 Å². The van der Waals surface area contributed by atoms with Gasteiger partial charge in [0.25, 0.3) is 0 Å². The lowest BCUT2D eigenvalue weighted by Gasteiger charge is -2.17. The van der Waals surface area contributed by atoms with E-state index in [-0.39, 0.29) is 25.0 Å². The molecule has 1 unspecified atom stereocenters. The first-order chi connectivity index (χ1) is 9.31. The average molecular weight is 347 g/mol. The summed E-state index contributed by atoms with van der Waals surface area (Å²) in [6.45, 7) is 1.96. The van der Waals surface area contributed by atoms with E-state index in [0.29, 0.717) is 12.5 Å². The fourth-order valence-corrected chi connectivity index (χ4v) is 3.02. The maximum absolute atomic E-state index is 13.5. The Bertz CT molecular complexity index is 570.